The van der Waals surface area contributed by atoms with Crippen LogP contribution in [0.5, 0.6) is 5.75 Å². The SMILES string of the molecule is O=C(COc1c(F)cc(CO)cc1F)NC1CCOCC1. The maximum atomic E-state index is 13.6. The second-order valence-corrected chi connectivity index (χ2v) is 4.79. The van der Waals surface area contributed by atoms with Gasteiger partial charge in [-0.05, 0) is 30.5 Å². The van der Waals surface area contributed by atoms with Crippen molar-refractivity contribution in [1.82, 2.24) is 5.32 Å². The van der Waals surface area contributed by atoms with Crippen molar-refractivity contribution in [2.24, 2.45) is 0 Å². The summed E-state index contributed by atoms with van der Waals surface area (Å²) in [6, 6.07) is 1.94. The smallest absolute Gasteiger partial charge is 0.258 e. The first kappa shape index (κ1) is 15.7. The summed E-state index contributed by atoms with van der Waals surface area (Å²) in [6.45, 7) is 0.220. The Balaban J connectivity index is 1.88. The van der Waals surface area contributed by atoms with E-state index in [2.05, 4.69) is 5.32 Å². The molecule has 0 aliphatic carbocycles. The Bertz CT molecular complexity index is 481. The van der Waals surface area contributed by atoms with E-state index < -0.39 is 36.5 Å². The van der Waals surface area contributed by atoms with Crippen LogP contribution in [-0.4, -0.2) is 36.9 Å². The van der Waals surface area contributed by atoms with E-state index in [0.717, 1.165) is 12.1 Å². The monoisotopic (exact) mass is 301 g/mol. The van der Waals surface area contributed by atoms with E-state index in [1.165, 1.54) is 0 Å². The second-order valence-electron chi connectivity index (χ2n) is 4.79. The van der Waals surface area contributed by atoms with Crippen LogP contribution in [0.15, 0.2) is 12.1 Å². The third-order valence-corrected chi connectivity index (χ3v) is 3.17. The summed E-state index contributed by atoms with van der Waals surface area (Å²) >= 11 is 0. The molecule has 2 N–H and O–H groups in total. The normalized spacial score (nSPS) is 15.8. The predicted octanol–water partition coefficient (Wildman–Crippen LogP) is 1.13. The van der Waals surface area contributed by atoms with Gasteiger partial charge in [-0.1, -0.05) is 0 Å². The number of aliphatic hydroxyl groups is 1. The van der Waals surface area contributed by atoms with Crippen LogP contribution in [0.25, 0.3) is 0 Å². The third-order valence-electron chi connectivity index (χ3n) is 3.17. The fraction of sp³-hybridized carbons (Fsp3) is 0.500. The summed E-state index contributed by atoms with van der Waals surface area (Å²) in [5, 5.41) is 11.6. The van der Waals surface area contributed by atoms with E-state index in [4.69, 9.17) is 14.6 Å². The predicted molar refractivity (Wildman–Crippen MR) is 69.8 cm³/mol. The van der Waals surface area contributed by atoms with Crippen LogP contribution in [0.1, 0.15) is 18.4 Å². The average Bonchev–Trinajstić information content (AvgIpc) is 2.47. The molecule has 116 valence electrons. The number of ether oxygens (including phenoxy) is 2. The number of amides is 1. The van der Waals surface area contributed by atoms with Gasteiger partial charge in [-0.2, -0.15) is 0 Å². The molecule has 1 aromatic rings. The Labute approximate surface area is 120 Å². The lowest BCUT2D eigenvalue weighted by Crippen LogP contribution is -2.41. The molecule has 1 aliphatic heterocycles. The largest absolute Gasteiger partial charge is 0.478 e. The number of hydrogen-bond acceptors (Lipinski definition) is 4. The van der Waals surface area contributed by atoms with Gasteiger partial charge in [0, 0.05) is 19.3 Å². The molecule has 1 heterocycles. The molecule has 0 atom stereocenters. The maximum absolute atomic E-state index is 13.6. The zero-order valence-electron chi connectivity index (χ0n) is 11.4. The van der Waals surface area contributed by atoms with Crippen molar-refractivity contribution in [3.63, 3.8) is 0 Å². The van der Waals surface area contributed by atoms with Gasteiger partial charge in [-0.15, -0.1) is 0 Å². The summed E-state index contributed by atoms with van der Waals surface area (Å²) in [4.78, 5) is 11.7. The molecule has 5 nitrogen and oxygen atoms in total. The molecule has 0 bridgehead atoms. The molecule has 1 saturated heterocycles. The molecule has 1 fully saturated rings. The van der Waals surface area contributed by atoms with E-state index >= 15 is 0 Å². The topological polar surface area (TPSA) is 67.8 Å². The summed E-state index contributed by atoms with van der Waals surface area (Å²) in [6.07, 6.45) is 1.42. The van der Waals surface area contributed by atoms with Crippen LogP contribution in [0.3, 0.4) is 0 Å². The van der Waals surface area contributed by atoms with Crippen LogP contribution in [0.4, 0.5) is 8.78 Å². The molecule has 0 unspecified atom stereocenters. The zero-order valence-corrected chi connectivity index (χ0v) is 11.4. The molecule has 0 spiro atoms. The molecule has 1 aliphatic rings. The minimum atomic E-state index is -0.946. The minimum absolute atomic E-state index is 0.00121. The van der Waals surface area contributed by atoms with Crippen LogP contribution in [0.2, 0.25) is 0 Å². The van der Waals surface area contributed by atoms with Crippen LogP contribution >= 0.6 is 0 Å². The molecular formula is C14H17F2NO4. The number of nitrogens with one attached hydrogen (secondary N) is 1. The molecule has 21 heavy (non-hydrogen) atoms. The average molecular weight is 301 g/mol. The quantitative estimate of drug-likeness (QED) is 0.855. The summed E-state index contributed by atoms with van der Waals surface area (Å²) in [5.41, 5.74) is 0.101. The molecule has 1 amide bonds. The van der Waals surface area contributed by atoms with Gasteiger partial charge in [0.15, 0.2) is 24.0 Å². The highest BCUT2D eigenvalue weighted by Crippen LogP contribution is 2.23. The van der Waals surface area contributed by atoms with Gasteiger partial charge in [0.2, 0.25) is 0 Å². The third kappa shape index (κ3) is 4.37. The van der Waals surface area contributed by atoms with Gasteiger partial charge in [-0.3, -0.25) is 4.79 Å². The first-order valence-corrected chi connectivity index (χ1v) is 6.69. The second kappa shape index (κ2) is 7.33. The molecule has 0 saturated carbocycles. The van der Waals surface area contributed by atoms with Crippen molar-refractivity contribution in [2.75, 3.05) is 19.8 Å². The van der Waals surface area contributed by atoms with Crippen molar-refractivity contribution in [2.45, 2.75) is 25.5 Å². The first-order chi connectivity index (χ1) is 10.1. The summed E-state index contributed by atoms with van der Waals surface area (Å²) < 4.78 is 37.2. The Morgan fingerprint density at radius 3 is 2.52 bits per heavy atom. The highest BCUT2D eigenvalue weighted by atomic mass is 19.1. The highest BCUT2D eigenvalue weighted by molar-refractivity contribution is 5.77. The molecule has 0 aromatic heterocycles. The van der Waals surface area contributed by atoms with Crippen LogP contribution < -0.4 is 10.1 Å². The number of hydrogen-bond donors (Lipinski definition) is 2. The van der Waals surface area contributed by atoms with Crippen LogP contribution in [0, 0.1) is 11.6 Å². The summed E-state index contributed by atoms with van der Waals surface area (Å²) in [7, 11) is 0. The lowest BCUT2D eigenvalue weighted by Gasteiger charge is -2.23. The first-order valence-electron chi connectivity index (χ1n) is 6.69. The molecular weight excluding hydrogens is 284 g/mol. The number of carbonyl (C=O) groups excluding carboxylic acids is 1. The zero-order chi connectivity index (χ0) is 15.2. The van der Waals surface area contributed by atoms with Crippen molar-refractivity contribution in [3.8, 4) is 5.75 Å². The Hall–Kier alpha value is -1.73. The standard InChI is InChI=1S/C14H17F2NO4/c15-11-5-9(7-18)6-12(16)14(11)21-8-13(19)17-10-1-3-20-4-2-10/h5-6,10,18H,1-4,7-8H2,(H,17,19). The van der Waals surface area contributed by atoms with Gasteiger partial charge >= 0.3 is 0 Å². The fourth-order valence-electron chi connectivity index (χ4n) is 2.09. The molecule has 7 heteroatoms. The number of halogens is 2. The van der Waals surface area contributed by atoms with Crippen molar-refractivity contribution in [3.05, 3.63) is 29.3 Å². The van der Waals surface area contributed by atoms with E-state index in [1.54, 1.807) is 0 Å². The van der Waals surface area contributed by atoms with Gasteiger partial charge in [-0.25, -0.2) is 8.78 Å². The summed E-state index contributed by atoms with van der Waals surface area (Å²) in [5.74, 6) is -2.95. The van der Waals surface area contributed by atoms with E-state index in [1.807, 2.05) is 0 Å². The number of benzene rings is 1. The van der Waals surface area contributed by atoms with E-state index in [0.29, 0.717) is 26.1 Å². The highest BCUT2D eigenvalue weighted by Gasteiger charge is 2.18. The van der Waals surface area contributed by atoms with Gasteiger partial charge < -0.3 is 19.9 Å². The molecule has 2 rings (SSSR count). The number of rotatable bonds is 5. The lowest BCUT2D eigenvalue weighted by atomic mass is 10.1. The molecule has 0 radical (unpaired) electrons. The maximum Gasteiger partial charge on any atom is 0.258 e. The number of carbonyl (C=O) groups is 1. The fourth-order valence-corrected chi connectivity index (χ4v) is 2.09. The molecule has 1 aromatic carbocycles. The Morgan fingerprint density at radius 2 is 1.95 bits per heavy atom. The van der Waals surface area contributed by atoms with Gasteiger partial charge in [0.05, 0.1) is 6.61 Å². The van der Waals surface area contributed by atoms with Gasteiger partial charge in [0.25, 0.3) is 5.91 Å². The Morgan fingerprint density at radius 1 is 1.33 bits per heavy atom. The van der Waals surface area contributed by atoms with Crippen molar-refractivity contribution >= 4 is 5.91 Å². The number of aliphatic hydroxyl groups excluding tert-OH is 1. The van der Waals surface area contributed by atoms with E-state index in [-0.39, 0.29) is 11.6 Å². The van der Waals surface area contributed by atoms with E-state index in [9.17, 15) is 13.6 Å². The lowest BCUT2D eigenvalue weighted by molar-refractivity contribution is -0.124. The van der Waals surface area contributed by atoms with Crippen molar-refractivity contribution in [1.29, 1.82) is 0 Å². The Kier molecular flexibility index (Phi) is 5.46. The minimum Gasteiger partial charge on any atom is -0.478 e. The van der Waals surface area contributed by atoms with Crippen molar-refractivity contribution < 1.29 is 28.2 Å². The van der Waals surface area contributed by atoms with Gasteiger partial charge in [0.1, 0.15) is 0 Å². The van der Waals surface area contributed by atoms with Crippen LogP contribution in [-0.2, 0) is 16.1 Å².